The highest BCUT2D eigenvalue weighted by Crippen LogP contribution is 2.20. The van der Waals surface area contributed by atoms with Crippen molar-refractivity contribution in [3.8, 4) is 0 Å². The summed E-state index contributed by atoms with van der Waals surface area (Å²) in [6.07, 6.45) is 1.32. The Labute approximate surface area is 147 Å². The Balaban J connectivity index is 1.50. The fourth-order valence-electron chi connectivity index (χ4n) is 2.87. The quantitative estimate of drug-likeness (QED) is 0.877. The SMILES string of the molecule is O=C(NCCc1ccc(Cl)cc1)c1ccc(N2CCC(O)C2)cc1. The van der Waals surface area contributed by atoms with E-state index in [9.17, 15) is 9.90 Å². The van der Waals surface area contributed by atoms with Crippen molar-refractivity contribution in [3.63, 3.8) is 0 Å². The Bertz CT molecular complexity index is 686. The van der Waals surface area contributed by atoms with Crippen molar-refractivity contribution in [1.82, 2.24) is 5.32 Å². The van der Waals surface area contributed by atoms with E-state index in [1.54, 1.807) is 0 Å². The second-order valence-electron chi connectivity index (χ2n) is 6.07. The number of anilines is 1. The van der Waals surface area contributed by atoms with Gasteiger partial charge in [-0.25, -0.2) is 0 Å². The maximum Gasteiger partial charge on any atom is 0.251 e. The van der Waals surface area contributed by atoms with E-state index >= 15 is 0 Å². The topological polar surface area (TPSA) is 52.6 Å². The molecule has 0 spiro atoms. The predicted molar refractivity (Wildman–Crippen MR) is 96.8 cm³/mol. The minimum absolute atomic E-state index is 0.0722. The van der Waals surface area contributed by atoms with E-state index in [1.165, 1.54) is 0 Å². The molecule has 126 valence electrons. The monoisotopic (exact) mass is 344 g/mol. The third-order valence-corrected chi connectivity index (χ3v) is 4.52. The number of benzene rings is 2. The molecule has 1 heterocycles. The lowest BCUT2D eigenvalue weighted by molar-refractivity contribution is 0.0954. The second kappa shape index (κ2) is 7.69. The van der Waals surface area contributed by atoms with Crippen LogP contribution in [0.1, 0.15) is 22.3 Å². The molecule has 1 unspecified atom stereocenters. The number of rotatable bonds is 5. The van der Waals surface area contributed by atoms with Crippen molar-refractivity contribution in [2.45, 2.75) is 18.9 Å². The molecule has 5 heteroatoms. The molecular formula is C19H21ClN2O2. The number of halogens is 1. The number of hydrogen-bond donors (Lipinski definition) is 2. The van der Waals surface area contributed by atoms with E-state index in [0.29, 0.717) is 23.7 Å². The van der Waals surface area contributed by atoms with Crippen molar-refractivity contribution in [2.75, 3.05) is 24.5 Å². The summed E-state index contributed by atoms with van der Waals surface area (Å²) in [5.41, 5.74) is 2.83. The second-order valence-corrected chi connectivity index (χ2v) is 6.50. The first-order chi connectivity index (χ1) is 11.6. The lowest BCUT2D eigenvalue weighted by atomic mass is 10.1. The van der Waals surface area contributed by atoms with Crippen LogP contribution in [-0.4, -0.2) is 36.8 Å². The van der Waals surface area contributed by atoms with Gasteiger partial charge in [-0.1, -0.05) is 23.7 Å². The van der Waals surface area contributed by atoms with Crippen LogP contribution in [0.25, 0.3) is 0 Å². The molecule has 4 nitrogen and oxygen atoms in total. The third kappa shape index (κ3) is 4.28. The summed E-state index contributed by atoms with van der Waals surface area (Å²) in [4.78, 5) is 14.3. The van der Waals surface area contributed by atoms with Gasteiger partial charge >= 0.3 is 0 Å². The molecule has 1 fully saturated rings. The lowest BCUT2D eigenvalue weighted by Gasteiger charge is -2.18. The number of amides is 1. The van der Waals surface area contributed by atoms with E-state index in [-0.39, 0.29) is 12.0 Å². The minimum Gasteiger partial charge on any atom is -0.391 e. The van der Waals surface area contributed by atoms with Gasteiger partial charge in [0.05, 0.1) is 6.10 Å². The summed E-state index contributed by atoms with van der Waals surface area (Å²) in [5.74, 6) is -0.0722. The Hall–Kier alpha value is -2.04. The molecule has 24 heavy (non-hydrogen) atoms. The van der Waals surface area contributed by atoms with Crippen LogP contribution in [0.5, 0.6) is 0 Å². The lowest BCUT2D eigenvalue weighted by Crippen LogP contribution is -2.26. The molecule has 1 atom stereocenters. The van der Waals surface area contributed by atoms with Gasteiger partial charge in [0, 0.05) is 35.9 Å². The van der Waals surface area contributed by atoms with Gasteiger partial charge in [-0.2, -0.15) is 0 Å². The first-order valence-corrected chi connectivity index (χ1v) is 8.55. The number of nitrogens with one attached hydrogen (secondary N) is 1. The number of hydrogen-bond acceptors (Lipinski definition) is 3. The van der Waals surface area contributed by atoms with Crippen LogP contribution >= 0.6 is 11.6 Å². The summed E-state index contributed by atoms with van der Waals surface area (Å²) >= 11 is 5.86. The first kappa shape index (κ1) is 16.8. The predicted octanol–water partition coefficient (Wildman–Crippen LogP) is 2.88. The maximum absolute atomic E-state index is 12.2. The summed E-state index contributed by atoms with van der Waals surface area (Å²) in [6, 6.07) is 15.2. The van der Waals surface area contributed by atoms with Gasteiger partial charge in [-0.15, -0.1) is 0 Å². The van der Waals surface area contributed by atoms with E-state index < -0.39 is 0 Å². The van der Waals surface area contributed by atoms with Gasteiger partial charge in [-0.3, -0.25) is 4.79 Å². The number of aliphatic hydroxyl groups is 1. The summed E-state index contributed by atoms with van der Waals surface area (Å²) in [7, 11) is 0. The third-order valence-electron chi connectivity index (χ3n) is 4.27. The van der Waals surface area contributed by atoms with Gasteiger partial charge in [0.15, 0.2) is 0 Å². The van der Waals surface area contributed by atoms with E-state index in [2.05, 4.69) is 10.2 Å². The highest BCUT2D eigenvalue weighted by molar-refractivity contribution is 6.30. The first-order valence-electron chi connectivity index (χ1n) is 8.17. The van der Waals surface area contributed by atoms with Crippen molar-refractivity contribution < 1.29 is 9.90 Å². The van der Waals surface area contributed by atoms with Gasteiger partial charge < -0.3 is 15.3 Å². The molecule has 0 radical (unpaired) electrons. The van der Waals surface area contributed by atoms with Crippen LogP contribution in [0.3, 0.4) is 0 Å². The van der Waals surface area contributed by atoms with E-state index in [4.69, 9.17) is 11.6 Å². The largest absolute Gasteiger partial charge is 0.391 e. The molecule has 1 aliphatic rings. The Morgan fingerprint density at radius 2 is 1.88 bits per heavy atom. The Morgan fingerprint density at radius 3 is 2.50 bits per heavy atom. The molecule has 1 aliphatic heterocycles. The van der Waals surface area contributed by atoms with Crippen molar-refractivity contribution in [2.24, 2.45) is 0 Å². The van der Waals surface area contributed by atoms with Crippen molar-refractivity contribution in [3.05, 3.63) is 64.7 Å². The standard InChI is InChI=1S/C19H21ClN2O2/c20-16-5-1-14(2-6-16)9-11-21-19(24)15-3-7-17(8-4-15)22-12-10-18(23)13-22/h1-8,18,23H,9-13H2,(H,21,24). The van der Waals surface area contributed by atoms with Crippen LogP contribution in [-0.2, 0) is 6.42 Å². The van der Waals surface area contributed by atoms with Gasteiger partial charge in [-0.05, 0) is 54.8 Å². The molecule has 1 saturated heterocycles. The Morgan fingerprint density at radius 1 is 1.17 bits per heavy atom. The Kier molecular flexibility index (Phi) is 5.38. The smallest absolute Gasteiger partial charge is 0.251 e. The summed E-state index contributed by atoms with van der Waals surface area (Å²) in [5, 5.41) is 13.2. The van der Waals surface area contributed by atoms with Crippen LogP contribution in [0.4, 0.5) is 5.69 Å². The molecular weight excluding hydrogens is 324 g/mol. The number of aliphatic hydroxyl groups excluding tert-OH is 1. The van der Waals surface area contributed by atoms with Gasteiger partial charge in [0.2, 0.25) is 0 Å². The molecule has 2 aromatic carbocycles. The van der Waals surface area contributed by atoms with Crippen LogP contribution < -0.4 is 10.2 Å². The van der Waals surface area contributed by atoms with Gasteiger partial charge in [0.25, 0.3) is 5.91 Å². The number of carbonyl (C=O) groups excluding carboxylic acids is 1. The molecule has 0 bridgehead atoms. The maximum atomic E-state index is 12.2. The zero-order chi connectivity index (χ0) is 16.9. The number of nitrogens with zero attached hydrogens (tertiary/aromatic N) is 1. The summed E-state index contributed by atoms with van der Waals surface area (Å²) < 4.78 is 0. The zero-order valence-corrected chi connectivity index (χ0v) is 14.2. The zero-order valence-electron chi connectivity index (χ0n) is 13.4. The van der Waals surface area contributed by atoms with Crippen LogP contribution in [0.15, 0.2) is 48.5 Å². The van der Waals surface area contributed by atoms with Crippen molar-refractivity contribution >= 4 is 23.2 Å². The molecule has 0 aliphatic carbocycles. The fourth-order valence-corrected chi connectivity index (χ4v) is 3.00. The number of carbonyl (C=O) groups is 1. The van der Waals surface area contributed by atoms with Crippen LogP contribution in [0.2, 0.25) is 5.02 Å². The fraction of sp³-hybridized carbons (Fsp3) is 0.316. The van der Waals surface area contributed by atoms with Gasteiger partial charge in [0.1, 0.15) is 0 Å². The number of β-amino-alcohol motifs (C(OH)–C–C–N with tert-alkyl or cyclic N) is 1. The molecule has 2 aromatic rings. The average molecular weight is 345 g/mol. The minimum atomic E-state index is -0.249. The normalized spacial score (nSPS) is 17.1. The average Bonchev–Trinajstić information content (AvgIpc) is 3.03. The molecule has 0 aromatic heterocycles. The molecule has 3 rings (SSSR count). The van der Waals surface area contributed by atoms with Crippen LogP contribution in [0, 0.1) is 0 Å². The van der Waals surface area contributed by atoms with E-state index in [0.717, 1.165) is 30.6 Å². The van der Waals surface area contributed by atoms with E-state index in [1.807, 2.05) is 48.5 Å². The molecule has 0 saturated carbocycles. The van der Waals surface area contributed by atoms with Crippen molar-refractivity contribution in [1.29, 1.82) is 0 Å². The molecule has 1 amide bonds. The molecule has 2 N–H and O–H groups in total. The highest BCUT2D eigenvalue weighted by atomic mass is 35.5. The summed E-state index contributed by atoms with van der Waals surface area (Å²) in [6.45, 7) is 2.10. The highest BCUT2D eigenvalue weighted by Gasteiger charge is 2.20.